The summed E-state index contributed by atoms with van der Waals surface area (Å²) >= 11 is 3.35. The van der Waals surface area contributed by atoms with Crippen LogP contribution in [0.4, 0.5) is 0 Å². The minimum absolute atomic E-state index is 0.354. The van der Waals surface area contributed by atoms with Gasteiger partial charge in [-0.2, -0.15) is 5.26 Å². The Hall–Kier alpha value is -1.11. The Morgan fingerprint density at radius 3 is 2.64 bits per heavy atom. The summed E-state index contributed by atoms with van der Waals surface area (Å²) in [5, 5.41) is 8.77. The van der Waals surface area contributed by atoms with Crippen molar-refractivity contribution in [3.05, 3.63) is 39.9 Å². The number of hydrogen-bond donors (Lipinski definition) is 0. The normalized spacial score (nSPS) is 11.1. The Kier molecular flexibility index (Phi) is 4.37. The first-order valence-corrected chi connectivity index (χ1v) is 4.90. The number of benzene rings is 1. The molecule has 0 heterocycles. The van der Waals surface area contributed by atoms with E-state index in [1.165, 1.54) is 0 Å². The lowest BCUT2D eigenvalue weighted by Gasteiger charge is -1.97. The molecule has 0 radical (unpaired) electrons. The van der Waals surface area contributed by atoms with E-state index in [-0.39, 0.29) is 0 Å². The van der Waals surface area contributed by atoms with Crippen molar-refractivity contribution in [2.75, 3.05) is 13.7 Å². The SMILES string of the molecule is COCC(C#N)=Cc1ccc(Br)cc1. The number of halogens is 1. The Bertz CT molecular complexity index is 362. The van der Waals surface area contributed by atoms with Crippen LogP contribution < -0.4 is 0 Å². The van der Waals surface area contributed by atoms with Crippen molar-refractivity contribution in [2.45, 2.75) is 0 Å². The Balaban J connectivity index is 2.85. The zero-order valence-electron chi connectivity index (χ0n) is 7.83. The van der Waals surface area contributed by atoms with Crippen LogP contribution in [0.15, 0.2) is 34.3 Å². The minimum Gasteiger partial charge on any atom is -0.379 e. The van der Waals surface area contributed by atoms with Crippen molar-refractivity contribution >= 4 is 22.0 Å². The van der Waals surface area contributed by atoms with E-state index in [2.05, 4.69) is 22.0 Å². The maximum absolute atomic E-state index is 8.77. The molecule has 0 aromatic heterocycles. The predicted molar refractivity (Wildman–Crippen MR) is 59.6 cm³/mol. The van der Waals surface area contributed by atoms with Crippen LogP contribution in [0.3, 0.4) is 0 Å². The van der Waals surface area contributed by atoms with E-state index >= 15 is 0 Å². The largest absolute Gasteiger partial charge is 0.379 e. The molecule has 0 spiro atoms. The third kappa shape index (κ3) is 3.33. The Morgan fingerprint density at radius 1 is 1.50 bits per heavy atom. The van der Waals surface area contributed by atoms with Crippen molar-refractivity contribution < 1.29 is 4.74 Å². The Morgan fingerprint density at radius 2 is 2.14 bits per heavy atom. The third-order valence-corrected chi connectivity index (χ3v) is 2.18. The van der Waals surface area contributed by atoms with Crippen LogP contribution in [0.2, 0.25) is 0 Å². The molecule has 0 atom stereocenters. The molecule has 3 heteroatoms. The molecular weight excluding hydrogens is 242 g/mol. The van der Waals surface area contributed by atoms with Gasteiger partial charge >= 0.3 is 0 Å². The first-order chi connectivity index (χ1) is 6.76. The van der Waals surface area contributed by atoms with Gasteiger partial charge in [-0.25, -0.2) is 0 Å². The molecule has 72 valence electrons. The van der Waals surface area contributed by atoms with Gasteiger partial charge in [0.1, 0.15) is 0 Å². The highest BCUT2D eigenvalue weighted by Gasteiger charge is 1.95. The van der Waals surface area contributed by atoms with Crippen molar-refractivity contribution in [3.8, 4) is 6.07 Å². The highest BCUT2D eigenvalue weighted by Crippen LogP contribution is 2.13. The standard InChI is InChI=1S/C11H10BrNO/c1-14-8-10(7-13)6-9-2-4-11(12)5-3-9/h2-6H,8H2,1H3. The number of nitrogens with zero attached hydrogens (tertiary/aromatic N) is 1. The highest BCUT2D eigenvalue weighted by atomic mass is 79.9. The molecule has 14 heavy (non-hydrogen) atoms. The van der Waals surface area contributed by atoms with Gasteiger partial charge in [-0.1, -0.05) is 28.1 Å². The zero-order valence-corrected chi connectivity index (χ0v) is 9.41. The quantitative estimate of drug-likeness (QED) is 0.774. The number of nitriles is 1. The maximum Gasteiger partial charge on any atom is 0.0971 e. The highest BCUT2D eigenvalue weighted by molar-refractivity contribution is 9.10. The van der Waals surface area contributed by atoms with Crippen LogP contribution >= 0.6 is 15.9 Å². The van der Waals surface area contributed by atoms with Gasteiger partial charge in [-0.3, -0.25) is 0 Å². The van der Waals surface area contributed by atoms with Gasteiger partial charge in [-0.05, 0) is 23.8 Å². The maximum atomic E-state index is 8.77. The van der Waals surface area contributed by atoms with E-state index in [1.54, 1.807) is 7.11 Å². The van der Waals surface area contributed by atoms with E-state index in [1.807, 2.05) is 30.3 Å². The minimum atomic E-state index is 0.354. The molecule has 0 amide bonds. The van der Waals surface area contributed by atoms with E-state index in [0.29, 0.717) is 12.2 Å². The average molecular weight is 252 g/mol. The van der Waals surface area contributed by atoms with Crippen LogP contribution in [-0.2, 0) is 4.74 Å². The fourth-order valence-electron chi connectivity index (χ4n) is 1.02. The van der Waals surface area contributed by atoms with Gasteiger partial charge in [0, 0.05) is 11.6 Å². The summed E-state index contributed by atoms with van der Waals surface area (Å²) < 4.78 is 5.92. The van der Waals surface area contributed by atoms with Gasteiger partial charge < -0.3 is 4.74 Å². The second-order valence-corrected chi connectivity index (χ2v) is 3.68. The summed E-state index contributed by atoms with van der Waals surface area (Å²) in [4.78, 5) is 0. The van der Waals surface area contributed by atoms with E-state index in [9.17, 15) is 0 Å². The smallest absolute Gasteiger partial charge is 0.0971 e. The van der Waals surface area contributed by atoms with Gasteiger partial charge in [0.2, 0.25) is 0 Å². The fourth-order valence-corrected chi connectivity index (χ4v) is 1.29. The lowest BCUT2D eigenvalue weighted by molar-refractivity contribution is 0.229. The molecule has 2 nitrogen and oxygen atoms in total. The monoisotopic (exact) mass is 251 g/mol. The first-order valence-electron chi connectivity index (χ1n) is 4.11. The third-order valence-electron chi connectivity index (χ3n) is 1.65. The molecule has 0 unspecified atom stereocenters. The average Bonchev–Trinajstić information content (AvgIpc) is 2.20. The molecule has 1 aromatic carbocycles. The summed E-state index contributed by atoms with van der Waals surface area (Å²) in [6.45, 7) is 0.354. The van der Waals surface area contributed by atoms with Crippen LogP contribution in [0, 0.1) is 11.3 Å². The molecule has 0 bridgehead atoms. The number of ether oxygens (including phenoxy) is 1. The van der Waals surface area contributed by atoms with E-state index < -0.39 is 0 Å². The van der Waals surface area contributed by atoms with E-state index in [0.717, 1.165) is 10.0 Å². The number of rotatable bonds is 3. The summed E-state index contributed by atoms with van der Waals surface area (Å²) in [5.74, 6) is 0. The van der Waals surface area contributed by atoms with Crippen LogP contribution in [0.5, 0.6) is 0 Å². The zero-order chi connectivity index (χ0) is 10.4. The van der Waals surface area contributed by atoms with Crippen molar-refractivity contribution in [3.63, 3.8) is 0 Å². The molecule has 1 rings (SSSR count). The molecule has 0 saturated carbocycles. The van der Waals surface area contributed by atoms with Crippen molar-refractivity contribution in [1.82, 2.24) is 0 Å². The van der Waals surface area contributed by atoms with Crippen molar-refractivity contribution in [1.29, 1.82) is 5.26 Å². The molecule has 0 aliphatic carbocycles. The fraction of sp³-hybridized carbons (Fsp3) is 0.182. The Labute approximate surface area is 91.9 Å². The van der Waals surface area contributed by atoms with Gasteiger partial charge in [0.25, 0.3) is 0 Å². The second-order valence-electron chi connectivity index (χ2n) is 2.77. The predicted octanol–water partition coefficient (Wildman–Crippen LogP) is 3.00. The molecular formula is C11H10BrNO. The molecule has 0 saturated heterocycles. The van der Waals surface area contributed by atoms with Gasteiger partial charge in [0.05, 0.1) is 18.2 Å². The molecule has 0 aliphatic rings. The molecule has 1 aromatic rings. The molecule has 0 fully saturated rings. The van der Waals surface area contributed by atoms with Gasteiger partial charge in [-0.15, -0.1) is 0 Å². The lowest BCUT2D eigenvalue weighted by Crippen LogP contribution is -1.91. The topological polar surface area (TPSA) is 33.0 Å². The number of hydrogen-bond acceptors (Lipinski definition) is 2. The molecule has 0 aliphatic heterocycles. The van der Waals surface area contributed by atoms with Crippen LogP contribution in [0.1, 0.15) is 5.56 Å². The van der Waals surface area contributed by atoms with E-state index in [4.69, 9.17) is 10.00 Å². The second kappa shape index (κ2) is 5.58. The summed E-state index contributed by atoms with van der Waals surface area (Å²) in [5.41, 5.74) is 1.62. The summed E-state index contributed by atoms with van der Waals surface area (Å²) in [7, 11) is 1.58. The van der Waals surface area contributed by atoms with Crippen LogP contribution in [-0.4, -0.2) is 13.7 Å². The van der Waals surface area contributed by atoms with Crippen LogP contribution in [0.25, 0.3) is 6.08 Å². The summed E-state index contributed by atoms with van der Waals surface area (Å²) in [6, 6.07) is 9.85. The molecule has 0 N–H and O–H groups in total. The summed E-state index contributed by atoms with van der Waals surface area (Å²) in [6.07, 6.45) is 1.82. The first kappa shape index (κ1) is 11.0. The lowest BCUT2D eigenvalue weighted by atomic mass is 10.1. The van der Waals surface area contributed by atoms with Gasteiger partial charge in [0.15, 0.2) is 0 Å². The number of methoxy groups -OCH3 is 1. The van der Waals surface area contributed by atoms with Crippen molar-refractivity contribution in [2.24, 2.45) is 0 Å².